The van der Waals surface area contributed by atoms with E-state index >= 15 is 0 Å². The third-order valence-electron chi connectivity index (χ3n) is 3.01. The number of fused-ring (bicyclic) bond motifs is 1. The van der Waals surface area contributed by atoms with Crippen LogP contribution in [-0.2, 0) is 4.74 Å². The minimum absolute atomic E-state index is 0.623. The van der Waals surface area contributed by atoms with Gasteiger partial charge < -0.3 is 15.4 Å². The summed E-state index contributed by atoms with van der Waals surface area (Å²) in [5, 5.41) is 7.34. The molecule has 0 atom stereocenters. The summed E-state index contributed by atoms with van der Waals surface area (Å²) < 4.78 is 5.54. The Morgan fingerprint density at radius 1 is 1.15 bits per heavy atom. The van der Waals surface area contributed by atoms with Crippen molar-refractivity contribution < 1.29 is 4.74 Å². The minimum atomic E-state index is 0.623. The highest BCUT2D eigenvalue weighted by atomic mass is 16.5. The second-order valence-electron chi connectivity index (χ2n) is 4.56. The highest BCUT2D eigenvalue weighted by Gasteiger charge is 2.05. The summed E-state index contributed by atoms with van der Waals surface area (Å²) in [7, 11) is 1.82. The second-order valence-corrected chi connectivity index (χ2v) is 4.56. The van der Waals surface area contributed by atoms with Gasteiger partial charge in [0.05, 0.1) is 12.1 Å². The predicted octanol–water partition coefficient (Wildman–Crippen LogP) is 2.90. The Labute approximate surface area is 119 Å². The molecule has 1 aromatic carbocycles. The molecule has 0 aliphatic heterocycles. The molecule has 0 saturated carbocycles. The van der Waals surface area contributed by atoms with E-state index in [2.05, 4.69) is 27.5 Å². The van der Waals surface area contributed by atoms with E-state index in [1.165, 1.54) is 0 Å². The van der Waals surface area contributed by atoms with Gasteiger partial charge in [-0.3, -0.25) is 0 Å². The summed E-state index contributed by atoms with van der Waals surface area (Å²) in [6.07, 6.45) is 2.27. The van der Waals surface area contributed by atoms with Gasteiger partial charge in [-0.1, -0.05) is 25.5 Å². The molecule has 0 aliphatic rings. The standard InChI is InChI=1S/C15H22N4O/c1-3-4-10-20-11-9-17-14-12-7-5-6-8-13(12)18-15(16-2)19-14/h5-8H,3-4,9-11H2,1-2H3,(H2,16,17,18,19). The SMILES string of the molecule is CCCCOCCNc1nc(NC)nc2ccccc12. The third-order valence-corrected chi connectivity index (χ3v) is 3.01. The van der Waals surface area contributed by atoms with E-state index in [1.54, 1.807) is 0 Å². The van der Waals surface area contributed by atoms with Crippen LogP contribution in [0.15, 0.2) is 24.3 Å². The summed E-state index contributed by atoms with van der Waals surface area (Å²) in [4.78, 5) is 8.89. The van der Waals surface area contributed by atoms with Gasteiger partial charge >= 0.3 is 0 Å². The fourth-order valence-electron chi connectivity index (χ4n) is 1.91. The van der Waals surface area contributed by atoms with Gasteiger partial charge in [0.2, 0.25) is 5.95 Å². The topological polar surface area (TPSA) is 59.1 Å². The van der Waals surface area contributed by atoms with Gasteiger partial charge in [-0.05, 0) is 18.6 Å². The summed E-state index contributed by atoms with van der Waals surface area (Å²) in [6.45, 7) is 4.42. The number of unbranched alkanes of at least 4 members (excludes halogenated alkanes) is 1. The van der Waals surface area contributed by atoms with Crippen LogP contribution in [0.2, 0.25) is 0 Å². The molecule has 0 unspecified atom stereocenters. The molecule has 2 aromatic rings. The van der Waals surface area contributed by atoms with Crippen molar-refractivity contribution in [1.82, 2.24) is 9.97 Å². The van der Waals surface area contributed by atoms with E-state index < -0.39 is 0 Å². The molecule has 5 heteroatoms. The van der Waals surface area contributed by atoms with Crippen LogP contribution in [0.25, 0.3) is 10.9 Å². The Hall–Kier alpha value is -1.88. The van der Waals surface area contributed by atoms with Gasteiger partial charge in [0.25, 0.3) is 0 Å². The van der Waals surface area contributed by atoms with E-state index in [1.807, 2.05) is 31.3 Å². The van der Waals surface area contributed by atoms with Crippen LogP contribution in [0.4, 0.5) is 11.8 Å². The monoisotopic (exact) mass is 274 g/mol. The normalized spacial score (nSPS) is 10.7. The Morgan fingerprint density at radius 2 is 2.00 bits per heavy atom. The quantitative estimate of drug-likeness (QED) is 0.725. The predicted molar refractivity (Wildman–Crippen MR) is 83.3 cm³/mol. The fraction of sp³-hybridized carbons (Fsp3) is 0.467. The van der Waals surface area contributed by atoms with Crippen molar-refractivity contribution in [3.8, 4) is 0 Å². The average molecular weight is 274 g/mol. The van der Waals surface area contributed by atoms with Gasteiger partial charge in [-0.2, -0.15) is 4.98 Å². The molecule has 0 bridgehead atoms. The molecular formula is C15H22N4O. The molecule has 0 spiro atoms. The Balaban J connectivity index is 2.01. The number of benzene rings is 1. The van der Waals surface area contributed by atoms with Crippen LogP contribution >= 0.6 is 0 Å². The van der Waals surface area contributed by atoms with E-state index in [4.69, 9.17) is 4.74 Å². The Bertz CT molecular complexity index is 544. The maximum atomic E-state index is 5.54. The number of hydrogen-bond donors (Lipinski definition) is 2. The number of rotatable bonds is 8. The molecule has 2 N–H and O–H groups in total. The molecule has 20 heavy (non-hydrogen) atoms. The van der Waals surface area contributed by atoms with Crippen molar-refractivity contribution in [2.45, 2.75) is 19.8 Å². The van der Waals surface area contributed by atoms with Crippen LogP contribution in [0.5, 0.6) is 0 Å². The zero-order chi connectivity index (χ0) is 14.2. The van der Waals surface area contributed by atoms with Crippen LogP contribution < -0.4 is 10.6 Å². The van der Waals surface area contributed by atoms with Gasteiger partial charge in [0.15, 0.2) is 0 Å². The first-order chi connectivity index (χ1) is 9.85. The molecule has 0 amide bonds. The number of para-hydroxylation sites is 1. The van der Waals surface area contributed by atoms with Crippen molar-refractivity contribution in [2.24, 2.45) is 0 Å². The lowest BCUT2D eigenvalue weighted by atomic mass is 10.2. The van der Waals surface area contributed by atoms with Crippen LogP contribution in [0.1, 0.15) is 19.8 Å². The van der Waals surface area contributed by atoms with Gasteiger partial charge in [-0.25, -0.2) is 4.98 Å². The number of aromatic nitrogens is 2. The first-order valence-corrected chi connectivity index (χ1v) is 7.11. The summed E-state index contributed by atoms with van der Waals surface area (Å²) in [6, 6.07) is 7.98. The lowest BCUT2D eigenvalue weighted by Crippen LogP contribution is -2.12. The average Bonchev–Trinajstić information content (AvgIpc) is 2.50. The fourth-order valence-corrected chi connectivity index (χ4v) is 1.91. The molecule has 1 aromatic heterocycles. The van der Waals surface area contributed by atoms with Crippen molar-refractivity contribution in [3.63, 3.8) is 0 Å². The largest absolute Gasteiger partial charge is 0.380 e. The van der Waals surface area contributed by atoms with E-state index in [0.29, 0.717) is 12.6 Å². The number of ether oxygens (including phenoxy) is 1. The van der Waals surface area contributed by atoms with E-state index in [-0.39, 0.29) is 0 Å². The highest BCUT2D eigenvalue weighted by Crippen LogP contribution is 2.21. The zero-order valence-corrected chi connectivity index (χ0v) is 12.1. The molecule has 2 rings (SSSR count). The molecule has 0 radical (unpaired) electrons. The molecule has 0 fully saturated rings. The second kappa shape index (κ2) is 7.65. The van der Waals surface area contributed by atoms with E-state index in [9.17, 15) is 0 Å². The molecule has 0 aliphatic carbocycles. The Morgan fingerprint density at radius 3 is 2.80 bits per heavy atom. The smallest absolute Gasteiger partial charge is 0.224 e. The van der Waals surface area contributed by atoms with Gasteiger partial charge in [-0.15, -0.1) is 0 Å². The van der Waals surface area contributed by atoms with Crippen molar-refractivity contribution in [1.29, 1.82) is 0 Å². The lowest BCUT2D eigenvalue weighted by Gasteiger charge is -2.10. The number of nitrogens with zero attached hydrogens (tertiary/aromatic N) is 2. The van der Waals surface area contributed by atoms with Crippen LogP contribution in [0.3, 0.4) is 0 Å². The molecule has 108 valence electrons. The van der Waals surface area contributed by atoms with Gasteiger partial charge in [0.1, 0.15) is 5.82 Å². The van der Waals surface area contributed by atoms with Crippen molar-refractivity contribution in [3.05, 3.63) is 24.3 Å². The molecular weight excluding hydrogens is 252 g/mol. The van der Waals surface area contributed by atoms with Crippen molar-refractivity contribution in [2.75, 3.05) is 37.4 Å². The summed E-state index contributed by atoms with van der Waals surface area (Å²) >= 11 is 0. The molecule has 1 heterocycles. The summed E-state index contributed by atoms with van der Waals surface area (Å²) in [5.74, 6) is 1.47. The number of nitrogens with one attached hydrogen (secondary N) is 2. The Kier molecular flexibility index (Phi) is 5.55. The lowest BCUT2D eigenvalue weighted by molar-refractivity contribution is 0.141. The zero-order valence-electron chi connectivity index (χ0n) is 12.1. The summed E-state index contributed by atoms with van der Waals surface area (Å²) in [5.41, 5.74) is 0.932. The van der Waals surface area contributed by atoms with Crippen LogP contribution in [-0.4, -0.2) is 36.8 Å². The van der Waals surface area contributed by atoms with Crippen molar-refractivity contribution >= 4 is 22.7 Å². The first kappa shape index (κ1) is 14.5. The van der Waals surface area contributed by atoms with Crippen LogP contribution in [0, 0.1) is 0 Å². The number of hydrogen-bond acceptors (Lipinski definition) is 5. The molecule has 5 nitrogen and oxygen atoms in total. The van der Waals surface area contributed by atoms with E-state index in [0.717, 1.165) is 42.7 Å². The maximum Gasteiger partial charge on any atom is 0.224 e. The number of anilines is 2. The first-order valence-electron chi connectivity index (χ1n) is 7.11. The maximum absolute atomic E-state index is 5.54. The molecule has 0 saturated heterocycles. The van der Waals surface area contributed by atoms with Gasteiger partial charge in [0, 0.05) is 25.6 Å². The third kappa shape index (κ3) is 3.81. The highest BCUT2D eigenvalue weighted by molar-refractivity contribution is 5.89. The minimum Gasteiger partial charge on any atom is -0.380 e.